The molecular formula is C19H20N2O2S. The van der Waals surface area contributed by atoms with Gasteiger partial charge < -0.3 is 4.74 Å². The van der Waals surface area contributed by atoms with Crippen LogP contribution < -0.4 is 4.74 Å². The monoisotopic (exact) mass is 340 g/mol. The van der Waals surface area contributed by atoms with Crippen LogP contribution in [0, 0.1) is 0 Å². The molecule has 1 aromatic carbocycles. The summed E-state index contributed by atoms with van der Waals surface area (Å²) in [5.41, 5.74) is 3.66. The highest BCUT2D eigenvalue weighted by atomic mass is 32.1. The summed E-state index contributed by atoms with van der Waals surface area (Å²) in [6.45, 7) is 6.49. The molecule has 0 N–H and O–H groups in total. The molecule has 3 aromatic rings. The normalized spacial score (nSPS) is 11.5. The Morgan fingerprint density at radius 1 is 1.25 bits per heavy atom. The Morgan fingerprint density at radius 3 is 2.71 bits per heavy atom. The van der Waals surface area contributed by atoms with Crippen molar-refractivity contribution in [3.8, 4) is 22.1 Å². The zero-order valence-electron chi connectivity index (χ0n) is 14.2. The van der Waals surface area contributed by atoms with Gasteiger partial charge in [-0.05, 0) is 35.7 Å². The van der Waals surface area contributed by atoms with Crippen LogP contribution in [-0.4, -0.2) is 22.9 Å². The summed E-state index contributed by atoms with van der Waals surface area (Å²) in [4.78, 5) is 15.8. The first-order valence-corrected chi connectivity index (χ1v) is 8.59. The van der Waals surface area contributed by atoms with E-state index in [1.54, 1.807) is 17.7 Å². The fraction of sp³-hybridized carbons (Fsp3) is 0.263. The maximum atomic E-state index is 11.1. The Balaban J connectivity index is 2.03. The molecule has 3 rings (SSSR count). The third-order valence-corrected chi connectivity index (χ3v) is 4.74. The number of benzene rings is 1. The SMILES string of the molecule is COc1ccc(-c2csc(-n3cccc3C=O)n2)cc1C(C)(C)C. The third kappa shape index (κ3) is 2.99. The molecule has 0 fully saturated rings. The van der Waals surface area contributed by atoms with E-state index in [1.807, 2.05) is 29.8 Å². The van der Waals surface area contributed by atoms with Crippen molar-refractivity contribution in [1.29, 1.82) is 0 Å². The van der Waals surface area contributed by atoms with E-state index >= 15 is 0 Å². The lowest BCUT2D eigenvalue weighted by molar-refractivity contribution is 0.111. The van der Waals surface area contributed by atoms with Crippen LogP contribution in [0.3, 0.4) is 0 Å². The number of carbonyl (C=O) groups is 1. The fourth-order valence-electron chi connectivity index (χ4n) is 2.63. The van der Waals surface area contributed by atoms with Gasteiger partial charge in [-0.25, -0.2) is 4.98 Å². The van der Waals surface area contributed by atoms with E-state index in [2.05, 4.69) is 26.8 Å². The highest BCUT2D eigenvalue weighted by Gasteiger charge is 2.20. The van der Waals surface area contributed by atoms with Crippen LogP contribution in [0.4, 0.5) is 0 Å². The van der Waals surface area contributed by atoms with Gasteiger partial charge in [0.15, 0.2) is 11.4 Å². The van der Waals surface area contributed by atoms with E-state index in [0.29, 0.717) is 5.69 Å². The maximum Gasteiger partial charge on any atom is 0.194 e. The Kier molecular flexibility index (Phi) is 4.28. The second-order valence-electron chi connectivity index (χ2n) is 6.60. The minimum absolute atomic E-state index is 0.0225. The Bertz CT molecular complexity index is 872. The average Bonchev–Trinajstić information content (AvgIpc) is 3.21. The van der Waals surface area contributed by atoms with E-state index in [0.717, 1.165) is 34.0 Å². The molecule has 2 heterocycles. The van der Waals surface area contributed by atoms with Crippen molar-refractivity contribution in [1.82, 2.24) is 9.55 Å². The number of carbonyl (C=O) groups excluding carboxylic acids is 1. The average molecular weight is 340 g/mol. The van der Waals surface area contributed by atoms with E-state index in [9.17, 15) is 4.79 Å². The quantitative estimate of drug-likeness (QED) is 0.646. The molecular weight excluding hydrogens is 320 g/mol. The summed E-state index contributed by atoms with van der Waals surface area (Å²) in [5.74, 6) is 0.885. The first-order valence-electron chi connectivity index (χ1n) is 7.71. The van der Waals surface area contributed by atoms with Crippen LogP contribution in [0.15, 0.2) is 41.9 Å². The zero-order valence-corrected chi connectivity index (χ0v) is 15.1. The summed E-state index contributed by atoms with van der Waals surface area (Å²) < 4.78 is 7.30. The van der Waals surface area contributed by atoms with Gasteiger partial charge in [0.2, 0.25) is 0 Å². The molecule has 124 valence electrons. The minimum Gasteiger partial charge on any atom is -0.496 e. The van der Waals surface area contributed by atoms with Crippen molar-refractivity contribution in [2.45, 2.75) is 26.2 Å². The van der Waals surface area contributed by atoms with Gasteiger partial charge in [0.1, 0.15) is 5.75 Å². The largest absolute Gasteiger partial charge is 0.496 e. The second kappa shape index (κ2) is 6.24. The zero-order chi connectivity index (χ0) is 17.3. The van der Waals surface area contributed by atoms with Gasteiger partial charge in [-0.1, -0.05) is 20.8 Å². The summed E-state index contributed by atoms with van der Waals surface area (Å²) in [6, 6.07) is 9.76. The summed E-state index contributed by atoms with van der Waals surface area (Å²) in [6.07, 6.45) is 2.69. The van der Waals surface area contributed by atoms with Gasteiger partial charge in [-0.2, -0.15) is 0 Å². The highest BCUT2D eigenvalue weighted by Crippen LogP contribution is 2.35. The predicted octanol–water partition coefficient (Wildman–Crippen LogP) is 4.72. The number of rotatable bonds is 4. The van der Waals surface area contributed by atoms with Crippen LogP contribution in [-0.2, 0) is 5.41 Å². The van der Waals surface area contributed by atoms with Gasteiger partial charge in [0.25, 0.3) is 0 Å². The smallest absolute Gasteiger partial charge is 0.194 e. The van der Waals surface area contributed by atoms with Gasteiger partial charge in [0.05, 0.1) is 18.5 Å². The summed E-state index contributed by atoms with van der Waals surface area (Å²) in [5, 5.41) is 2.79. The number of nitrogens with zero attached hydrogens (tertiary/aromatic N) is 2. The summed E-state index contributed by atoms with van der Waals surface area (Å²) in [7, 11) is 1.69. The van der Waals surface area contributed by atoms with E-state index in [1.165, 1.54) is 11.3 Å². The van der Waals surface area contributed by atoms with Crippen LogP contribution in [0.5, 0.6) is 5.75 Å². The minimum atomic E-state index is -0.0225. The molecule has 24 heavy (non-hydrogen) atoms. The number of aldehydes is 1. The highest BCUT2D eigenvalue weighted by molar-refractivity contribution is 7.12. The number of ether oxygens (including phenoxy) is 1. The Hall–Kier alpha value is -2.40. The van der Waals surface area contributed by atoms with Crippen LogP contribution in [0.2, 0.25) is 0 Å². The first kappa shape index (κ1) is 16.5. The molecule has 0 radical (unpaired) electrons. The molecule has 0 saturated carbocycles. The molecule has 0 amide bonds. The predicted molar refractivity (Wildman–Crippen MR) is 97.5 cm³/mol. The van der Waals surface area contributed by atoms with Crippen molar-refractivity contribution < 1.29 is 9.53 Å². The number of hydrogen-bond donors (Lipinski definition) is 0. The van der Waals surface area contributed by atoms with Crippen molar-refractivity contribution >= 4 is 17.6 Å². The van der Waals surface area contributed by atoms with Crippen molar-refractivity contribution in [3.05, 3.63) is 53.2 Å². The fourth-order valence-corrected chi connectivity index (χ4v) is 3.46. The Labute approximate surface area is 145 Å². The molecule has 2 aromatic heterocycles. The second-order valence-corrected chi connectivity index (χ2v) is 7.44. The molecule has 4 nitrogen and oxygen atoms in total. The summed E-state index contributed by atoms with van der Waals surface area (Å²) >= 11 is 1.52. The molecule has 0 unspecified atom stereocenters. The number of methoxy groups -OCH3 is 1. The molecule has 0 aliphatic rings. The Morgan fingerprint density at radius 2 is 2.04 bits per heavy atom. The number of aromatic nitrogens is 2. The van der Waals surface area contributed by atoms with Crippen molar-refractivity contribution in [2.75, 3.05) is 7.11 Å². The number of hydrogen-bond acceptors (Lipinski definition) is 4. The molecule has 0 bridgehead atoms. The van der Waals surface area contributed by atoms with E-state index < -0.39 is 0 Å². The molecule has 5 heteroatoms. The molecule has 0 saturated heterocycles. The number of thiazole rings is 1. The lowest BCUT2D eigenvalue weighted by atomic mass is 9.85. The van der Waals surface area contributed by atoms with E-state index in [4.69, 9.17) is 9.72 Å². The first-order chi connectivity index (χ1) is 11.4. The van der Waals surface area contributed by atoms with Crippen molar-refractivity contribution in [2.24, 2.45) is 0 Å². The van der Waals surface area contributed by atoms with Crippen LogP contribution in [0.25, 0.3) is 16.4 Å². The molecule has 0 aliphatic heterocycles. The van der Waals surface area contributed by atoms with E-state index in [-0.39, 0.29) is 5.41 Å². The van der Waals surface area contributed by atoms with Crippen molar-refractivity contribution in [3.63, 3.8) is 0 Å². The standard InChI is InChI=1S/C19H20N2O2S/c1-19(2,3)15-10-13(7-8-17(15)23-4)16-12-24-18(20-16)21-9-5-6-14(21)11-22/h5-12H,1-4H3. The molecule has 0 atom stereocenters. The molecule has 0 aliphatic carbocycles. The van der Waals surface area contributed by atoms with Gasteiger partial charge >= 0.3 is 0 Å². The maximum absolute atomic E-state index is 11.1. The lowest BCUT2D eigenvalue weighted by Gasteiger charge is -2.22. The van der Waals surface area contributed by atoms with Gasteiger partial charge in [-0.15, -0.1) is 11.3 Å². The lowest BCUT2D eigenvalue weighted by Crippen LogP contribution is -2.12. The van der Waals surface area contributed by atoms with Gasteiger partial charge in [-0.3, -0.25) is 9.36 Å². The van der Waals surface area contributed by atoms with Crippen LogP contribution >= 0.6 is 11.3 Å². The topological polar surface area (TPSA) is 44.1 Å². The molecule has 0 spiro atoms. The third-order valence-electron chi connectivity index (χ3n) is 3.90. The van der Waals surface area contributed by atoms with Gasteiger partial charge in [0, 0.05) is 22.7 Å². The van der Waals surface area contributed by atoms with Crippen LogP contribution in [0.1, 0.15) is 36.8 Å².